The molecule has 0 saturated carbocycles. The molecule has 120 valence electrons. The van der Waals surface area contributed by atoms with Gasteiger partial charge in [0, 0.05) is 14.0 Å². The largest absolute Gasteiger partial charge is 0.383 e. The van der Waals surface area contributed by atoms with Crippen molar-refractivity contribution in [1.82, 2.24) is 0 Å². The standard InChI is InChI=1S/C21H17BrOS/c1-2-13-7-8-19-15(9-13)12-20(24-19)21(23)16-10-14-5-3-4-6-17(14)18(22)11-16/h3-12,21,23H,2H2,1H3. The lowest BCUT2D eigenvalue weighted by Crippen LogP contribution is -1.97. The number of halogens is 1. The first-order chi connectivity index (χ1) is 11.7. The highest BCUT2D eigenvalue weighted by Crippen LogP contribution is 2.36. The quantitative estimate of drug-likeness (QED) is 0.421. The van der Waals surface area contributed by atoms with E-state index in [9.17, 15) is 5.11 Å². The minimum Gasteiger partial charge on any atom is -0.383 e. The van der Waals surface area contributed by atoms with Crippen LogP contribution in [0.2, 0.25) is 0 Å². The van der Waals surface area contributed by atoms with Gasteiger partial charge in [0.15, 0.2) is 0 Å². The summed E-state index contributed by atoms with van der Waals surface area (Å²) in [5, 5.41) is 14.4. The van der Waals surface area contributed by atoms with Crippen molar-refractivity contribution in [2.75, 3.05) is 0 Å². The Bertz CT molecular complexity index is 1030. The summed E-state index contributed by atoms with van der Waals surface area (Å²) in [5.74, 6) is 0. The summed E-state index contributed by atoms with van der Waals surface area (Å²) in [5.41, 5.74) is 2.25. The molecule has 0 aliphatic heterocycles. The maximum atomic E-state index is 10.9. The lowest BCUT2D eigenvalue weighted by Gasteiger charge is -2.11. The SMILES string of the molecule is CCc1ccc2sc(C(O)c3cc(Br)c4ccccc4c3)cc2c1. The van der Waals surface area contributed by atoms with E-state index in [1.165, 1.54) is 15.6 Å². The molecule has 0 bridgehead atoms. The highest BCUT2D eigenvalue weighted by atomic mass is 79.9. The maximum Gasteiger partial charge on any atom is 0.113 e. The van der Waals surface area contributed by atoms with Crippen LogP contribution in [0, 0.1) is 0 Å². The van der Waals surface area contributed by atoms with E-state index in [-0.39, 0.29) is 0 Å². The molecule has 1 N–H and O–H groups in total. The maximum absolute atomic E-state index is 10.9. The Kier molecular flexibility index (Phi) is 4.17. The van der Waals surface area contributed by atoms with Crippen LogP contribution in [0.25, 0.3) is 20.9 Å². The second-order valence-electron chi connectivity index (χ2n) is 6.00. The van der Waals surface area contributed by atoms with Crippen molar-refractivity contribution in [2.45, 2.75) is 19.4 Å². The zero-order valence-corrected chi connectivity index (χ0v) is 15.7. The second-order valence-corrected chi connectivity index (χ2v) is 7.97. The van der Waals surface area contributed by atoms with Crippen LogP contribution in [0.5, 0.6) is 0 Å². The van der Waals surface area contributed by atoms with Gasteiger partial charge in [-0.25, -0.2) is 0 Å². The van der Waals surface area contributed by atoms with Crippen LogP contribution < -0.4 is 0 Å². The Morgan fingerprint density at radius 2 is 1.83 bits per heavy atom. The van der Waals surface area contributed by atoms with Gasteiger partial charge in [0.05, 0.1) is 0 Å². The van der Waals surface area contributed by atoms with Crippen LogP contribution in [0.3, 0.4) is 0 Å². The lowest BCUT2D eigenvalue weighted by molar-refractivity contribution is 0.224. The smallest absolute Gasteiger partial charge is 0.113 e. The molecule has 1 atom stereocenters. The van der Waals surface area contributed by atoms with Crippen LogP contribution in [0.4, 0.5) is 0 Å². The Morgan fingerprint density at radius 3 is 2.67 bits per heavy atom. The fraction of sp³-hybridized carbons (Fsp3) is 0.143. The Labute approximate surface area is 153 Å². The van der Waals surface area contributed by atoms with E-state index in [4.69, 9.17) is 0 Å². The normalized spacial score (nSPS) is 12.8. The molecule has 4 rings (SSSR count). The fourth-order valence-electron chi connectivity index (χ4n) is 3.08. The van der Waals surface area contributed by atoms with Gasteiger partial charge in [-0.15, -0.1) is 11.3 Å². The van der Waals surface area contributed by atoms with Crippen molar-refractivity contribution in [2.24, 2.45) is 0 Å². The van der Waals surface area contributed by atoms with Gasteiger partial charge in [-0.05, 0) is 58.0 Å². The molecule has 0 aliphatic carbocycles. The van der Waals surface area contributed by atoms with Gasteiger partial charge in [-0.1, -0.05) is 59.3 Å². The predicted molar refractivity (Wildman–Crippen MR) is 107 cm³/mol. The molecule has 1 aromatic heterocycles. The van der Waals surface area contributed by atoms with Crippen molar-refractivity contribution in [1.29, 1.82) is 0 Å². The summed E-state index contributed by atoms with van der Waals surface area (Å²) in [6.45, 7) is 2.16. The Hall–Kier alpha value is -1.68. The highest BCUT2D eigenvalue weighted by Gasteiger charge is 2.15. The average Bonchev–Trinajstić information content (AvgIpc) is 3.04. The van der Waals surface area contributed by atoms with Crippen molar-refractivity contribution in [3.8, 4) is 0 Å². The van der Waals surface area contributed by atoms with E-state index >= 15 is 0 Å². The van der Waals surface area contributed by atoms with Crippen molar-refractivity contribution < 1.29 is 5.11 Å². The van der Waals surface area contributed by atoms with Gasteiger partial charge in [-0.2, -0.15) is 0 Å². The first-order valence-electron chi connectivity index (χ1n) is 8.04. The van der Waals surface area contributed by atoms with Gasteiger partial charge < -0.3 is 5.11 Å². The van der Waals surface area contributed by atoms with Crippen LogP contribution in [0.1, 0.15) is 29.0 Å². The monoisotopic (exact) mass is 396 g/mol. The molecule has 0 fully saturated rings. The number of aliphatic hydroxyl groups excluding tert-OH is 1. The number of thiophene rings is 1. The number of fused-ring (bicyclic) bond motifs is 2. The molecule has 1 unspecified atom stereocenters. The molecular formula is C21H17BrOS. The van der Waals surface area contributed by atoms with Crippen molar-refractivity contribution in [3.05, 3.63) is 81.1 Å². The summed E-state index contributed by atoms with van der Waals surface area (Å²) < 4.78 is 2.24. The summed E-state index contributed by atoms with van der Waals surface area (Å²) in [6, 6.07) is 21.0. The number of rotatable bonds is 3. The predicted octanol–water partition coefficient (Wildman–Crippen LogP) is 6.46. The Balaban J connectivity index is 1.79. The molecule has 4 aromatic rings. The number of benzene rings is 3. The summed E-state index contributed by atoms with van der Waals surface area (Å²) in [6.07, 6.45) is 0.426. The zero-order chi connectivity index (χ0) is 16.7. The summed E-state index contributed by atoms with van der Waals surface area (Å²) in [7, 11) is 0. The third-order valence-corrected chi connectivity index (χ3v) is 6.25. The van der Waals surface area contributed by atoms with Crippen LogP contribution in [-0.2, 0) is 6.42 Å². The molecule has 3 aromatic carbocycles. The van der Waals surface area contributed by atoms with Gasteiger partial charge >= 0.3 is 0 Å². The third kappa shape index (κ3) is 2.77. The lowest BCUT2D eigenvalue weighted by atomic mass is 10.0. The Morgan fingerprint density at radius 1 is 1.00 bits per heavy atom. The zero-order valence-electron chi connectivity index (χ0n) is 13.3. The summed E-state index contributed by atoms with van der Waals surface area (Å²) >= 11 is 5.30. The van der Waals surface area contributed by atoms with E-state index in [0.717, 1.165) is 32.1 Å². The van der Waals surface area contributed by atoms with Gasteiger partial charge in [0.1, 0.15) is 6.10 Å². The minimum atomic E-state index is -0.603. The van der Waals surface area contributed by atoms with Crippen LogP contribution in [0.15, 0.2) is 65.1 Å². The first kappa shape index (κ1) is 15.8. The molecular weight excluding hydrogens is 380 g/mol. The molecule has 0 amide bonds. The van der Waals surface area contributed by atoms with E-state index in [1.807, 2.05) is 18.2 Å². The molecule has 1 nitrogen and oxygen atoms in total. The fourth-order valence-corrected chi connectivity index (χ4v) is 4.76. The molecule has 0 saturated heterocycles. The molecule has 0 radical (unpaired) electrons. The highest BCUT2D eigenvalue weighted by molar-refractivity contribution is 9.10. The molecule has 1 heterocycles. The minimum absolute atomic E-state index is 0.603. The van der Waals surface area contributed by atoms with E-state index < -0.39 is 6.10 Å². The topological polar surface area (TPSA) is 20.2 Å². The molecule has 0 spiro atoms. The van der Waals surface area contributed by atoms with E-state index in [2.05, 4.69) is 65.3 Å². The number of hydrogen-bond donors (Lipinski definition) is 1. The average molecular weight is 397 g/mol. The van der Waals surface area contributed by atoms with Crippen LogP contribution >= 0.6 is 27.3 Å². The second kappa shape index (κ2) is 6.32. The number of aliphatic hydroxyl groups is 1. The molecule has 0 aliphatic rings. The number of hydrogen-bond acceptors (Lipinski definition) is 2. The third-order valence-electron chi connectivity index (χ3n) is 4.43. The van der Waals surface area contributed by atoms with Crippen molar-refractivity contribution in [3.63, 3.8) is 0 Å². The van der Waals surface area contributed by atoms with Gasteiger partial charge in [-0.3, -0.25) is 0 Å². The molecule has 3 heteroatoms. The first-order valence-corrected chi connectivity index (χ1v) is 9.65. The van der Waals surface area contributed by atoms with Crippen molar-refractivity contribution >= 4 is 48.1 Å². The van der Waals surface area contributed by atoms with E-state index in [1.54, 1.807) is 11.3 Å². The van der Waals surface area contributed by atoms with Gasteiger partial charge in [0.25, 0.3) is 0 Å². The van der Waals surface area contributed by atoms with E-state index in [0.29, 0.717) is 0 Å². The van der Waals surface area contributed by atoms with Gasteiger partial charge in [0.2, 0.25) is 0 Å². The summed E-state index contributed by atoms with van der Waals surface area (Å²) in [4.78, 5) is 0.987. The van der Waals surface area contributed by atoms with Crippen LogP contribution in [-0.4, -0.2) is 5.11 Å². The molecule has 24 heavy (non-hydrogen) atoms. The number of aryl methyl sites for hydroxylation is 1.